The number of halogens is 2. The SMILES string of the molecule is COc1ccnc(CS(=O)c2nc3cc(OC(F)F)ccc3n2C(=O)C(CN=O)C(=O)N(C)C)c1OC. The molecule has 0 aliphatic rings. The van der Waals surface area contributed by atoms with Gasteiger partial charge in [-0.1, -0.05) is 5.18 Å². The van der Waals surface area contributed by atoms with E-state index >= 15 is 0 Å². The van der Waals surface area contributed by atoms with Crippen molar-refractivity contribution in [3.8, 4) is 17.2 Å². The van der Waals surface area contributed by atoms with Crippen molar-refractivity contribution >= 4 is 33.6 Å². The number of carbonyl (C=O) groups excluding carboxylic acids is 2. The summed E-state index contributed by atoms with van der Waals surface area (Å²) < 4.78 is 54.9. The lowest BCUT2D eigenvalue weighted by Crippen LogP contribution is -2.39. The summed E-state index contributed by atoms with van der Waals surface area (Å²) in [6, 6.07) is 5.10. The van der Waals surface area contributed by atoms with Gasteiger partial charge >= 0.3 is 6.61 Å². The molecule has 1 amide bonds. The van der Waals surface area contributed by atoms with Crippen LogP contribution < -0.4 is 14.2 Å². The van der Waals surface area contributed by atoms with Gasteiger partial charge in [-0.15, -0.1) is 0 Å². The number of ether oxygens (including phenoxy) is 3. The van der Waals surface area contributed by atoms with Crippen molar-refractivity contribution in [2.45, 2.75) is 17.5 Å². The molecule has 3 rings (SSSR count). The minimum Gasteiger partial charge on any atom is -0.493 e. The average molecular weight is 540 g/mol. The number of hydrogen-bond acceptors (Lipinski definition) is 10. The van der Waals surface area contributed by atoms with Gasteiger partial charge in [0.05, 0.1) is 47.5 Å². The van der Waals surface area contributed by atoms with E-state index in [1.807, 2.05) is 0 Å². The molecule has 15 heteroatoms. The number of carbonyl (C=O) groups is 2. The zero-order valence-corrected chi connectivity index (χ0v) is 21.0. The summed E-state index contributed by atoms with van der Waals surface area (Å²) in [6.45, 7) is -3.79. The molecule has 0 saturated heterocycles. The fourth-order valence-corrected chi connectivity index (χ4v) is 4.70. The van der Waals surface area contributed by atoms with Crippen LogP contribution in [0, 0.1) is 10.8 Å². The molecule has 2 aromatic heterocycles. The Balaban J connectivity index is 2.16. The molecule has 198 valence electrons. The van der Waals surface area contributed by atoms with E-state index in [0.29, 0.717) is 5.75 Å². The third kappa shape index (κ3) is 5.87. The number of amides is 1. The molecule has 2 atom stereocenters. The van der Waals surface area contributed by atoms with Gasteiger partial charge in [0, 0.05) is 32.4 Å². The summed E-state index contributed by atoms with van der Waals surface area (Å²) in [5, 5.41) is 2.41. The van der Waals surface area contributed by atoms with E-state index in [2.05, 4.69) is 19.9 Å². The number of pyridine rings is 1. The zero-order valence-electron chi connectivity index (χ0n) is 20.2. The number of benzene rings is 1. The molecular weight excluding hydrogens is 516 g/mol. The standard InChI is InChI=1S/C22H23F2N5O7S/c1-28(2)19(30)13(10-26-32)20(31)29-16-6-5-12(36-21(23)24)9-14(16)27-22(29)37(33)11-15-18(35-4)17(34-3)7-8-25-15/h5-9,13,21H,10-11H2,1-4H3. The van der Waals surface area contributed by atoms with Crippen LogP contribution in [0.1, 0.15) is 10.5 Å². The van der Waals surface area contributed by atoms with Crippen molar-refractivity contribution in [1.82, 2.24) is 19.4 Å². The van der Waals surface area contributed by atoms with Gasteiger partial charge in [-0.3, -0.25) is 23.3 Å². The summed E-state index contributed by atoms with van der Waals surface area (Å²) in [7, 11) is 3.51. The summed E-state index contributed by atoms with van der Waals surface area (Å²) in [6.07, 6.45) is 1.41. The molecule has 0 aliphatic carbocycles. The van der Waals surface area contributed by atoms with Gasteiger partial charge in [0.15, 0.2) is 11.5 Å². The van der Waals surface area contributed by atoms with Crippen molar-refractivity contribution in [3.05, 3.63) is 41.1 Å². The van der Waals surface area contributed by atoms with Crippen LogP contribution >= 0.6 is 0 Å². The Kier molecular flexibility index (Phi) is 8.81. The van der Waals surface area contributed by atoms with Crippen molar-refractivity contribution in [2.75, 3.05) is 34.9 Å². The molecule has 37 heavy (non-hydrogen) atoms. The largest absolute Gasteiger partial charge is 0.493 e. The quantitative estimate of drug-likeness (QED) is 0.265. The third-order valence-electron chi connectivity index (χ3n) is 5.17. The maximum absolute atomic E-state index is 13.6. The lowest BCUT2D eigenvalue weighted by atomic mass is 10.1. The Morgan fingerprint density at radius 2 is 1.92 bits per heavy atom. The van der Waals surface area contributed by atoms with Crippen molar-refractivity contribution in [3.63, 3.8) is 0 Å². The molecule has 12 nitrogen and oxygen atoms in total. The first kappa shape index (κ1) is 27.6. The van der Waals surface area contributed by atoms with E-state index in [0.717, 1.165) is 15.5 Å². The van der Waals surface area contributed by atoms with Crippen LogP contribution in [0.3, 0.4) is 0 Å². The molecule has 0 N–H and O–H groups in total. The van der Waals surface area contributed by atoms with Gasteiger partial charge in [0.25, 0.3) is 0 Å². The van der Waals surface area contributed by atoms with E-state index < -0.39 is 41.7 Å². The molecule has 2 heterocycles. The highest BCUT2D eigenvalue weighted by molar-refractivity contribution is 7.84. The Morgan fingerprint density at radius 3 is 2.51 bits per heavy atom. The minimum atomic E-state index is -3.11. The predicted octanol–water partition coefficient (Wildman–Crippen LogP) is 2.47. The normalized spacial score (nSPS) is 12.7. The van der Waals surface area contributed by atoms with Gasteiger partial charge in [-0.2, -0.15) is 13.7 Å². The van der Waals surface area contributed by atoms with Crippen LogP contribution in [0.5, 0.6) is 17.2 Å². The highest BCUT2D eigenvalue weighted by Gasteiger charge is 2.34. The molecule has 1 aromatic carbocycles. The van der Waals surface area contributed by atoms with Crippen molar-refractivity contribution in [2.24, 2.45) is 11.1 Å². The lowest BCUT2D eigenvalue weighted by molar-refractivity contribution is -0.131. The van der Waals surface area contributed by atoms with E-state index in [9.17, 15) is 27.5 Å². The maximum Gasteiger partial charge on any atom is 0.387 e. The Bertz CT molecular complexity index is 1350. The van der Waals surface area contributed by atoms with Gasteiger partial charge in [-0.05, 0) is 12.1 Å². The summed E-state index contributed by atoms with van der Waals surface area (Å²) in [5.41, 5.74) is 0.280. The van der Waals surface area contributed by atoms with Gasteiger partial charge in [-0.25, -0.2) is 4.98 Å². The fourth-order valence-electron chi connectivity index (χ4n) is 3.53. The zero-order chi connectivity index (χ0) is 27.3. The maximum atomic E-state index is 13.6. The first-order valence-corrected chi connectivity index (χ1v) is 11.9. The van der Waals surface area contributed by atoms with Gasteiger partial charge in [0.2, 0.25) is 17.0 Å². The number of nitroso groups, excluding NO2 is 1. The Hall–Kier alpha value is -4.01. The molecule has 2 unspecified atom stereocenters. The highest BCUT2D eigenvalue weighted by Crippen LogP contribution is 2.32. The molecule has 3 aromatic rings. The molecular formula is C22H23F2N5O7S. The second-order valence-electron chi connectivity index (χ2n) is 7.68. The Labute approximate surface area is 212 Å². The van der Waals surface area contributed by atoms with Crippen molar-refractivity contribution < 1.29 is 36.8 Å². The predicted molar refractivity (Wildman–Crippen MR) is 127 cm³/mol. The fraction of sp³-hybridized carbons (Fsp3) is 0.364. The van der Waals surface area contributed by atoms with Crippen LogP contribution in [0.25, 0.3) is 11.0 Å². The van der Waals surface area contributed by atoms with Gasteiger partial charge in [0.1, 0.15) is 18.2 Å². The smallest absolute Gasteiger partial charge is 0.387 e. The van der Waals surface area contributed by atoms with Crippen LogP contribution in [0.4, 0.5) is 8.78 Å². The first-order chi connectivity index (χ1) is 17.6. The monoisotopic (exact) mass is 539 g/mol. The molecule has 0 aliphatic heterocycles. The third-order valence-corrected chi connectivity index (χ3v) is 6.39. The number of alkyl halides is 2. The number of nitrogens with zero attached hydrogens (tertiary/aromatic N) is 5. The van der Waals surface area contributed by atoms with E-state index in [-0.39, 0.29) is 39.1 Å². The molecule has 0 saturated carbocycles. The molecule has 0 radical (unpaired) electrons. The number of aromatic nitrogens is 3. The van der Waals surface area contributed by atoms with E-state index in [1.165, 1.54) is 46.6 Å². The molecule has 0 bridgehead atoms. The summed E-state index contributed by atoms with van der Waals surface area (Å²) in [4.78, 5) is 46.8. The number of rotatable bonds is 11. The summed E-state index contributed by atoms with van der Waals surface area (Å²) in [5.74, 6) is -3.16. The van der Waals surface area contributed by atoms with Crippen LogP contribution in [0.15, 0.2) is 40.8 Å². The van der Waals surface area contributed by atoms with Crippen molar-refractivity contribution in [1.29, 1.82) is 0 Å². The first-order valence-electron chi connectivity index (χ1n) is 10.6. The topological polar surface area (TPSA) is 142 Å². The van der Waals surface area contributed by atoms with Crippen LogP contribution in [-0.2, 0) is 21.3 Å². The number of methoxy groups -OCH3 is 2. The second kappa shape index (κ2) is 11.8. The highest BCUT2D eigenvalue weighted by atomic mass is 32.2. The Morgan fingerprint density at radius 1 is 1.19 bits per heavy atom. The number of imidazole rings is 1. The van der Waals surface area contributed by atoms with Crippen LogP contribution in [0.2, 0.25) is 0 Å². The minimum absolute atomic E-state index is 0.00414. The van der Waals surface area contributed by atoms with Gasteiger partial charge < -0.3 is 19.1 Å². The van der Waals surface area contributed by atoms with E-state index in [1.54, 1.807) is 6.07 Å². The van der Waals surface area contributed by atoms with Crippen LogP contribution in [-0.4, -0.2) is 76.9 Å². The summed E-state index contributed by atoms with van der Waals surface area (Å²) >= 11 is 0. The average Bonchev–Trinajstić information content (AvgIpc) is 3.24. The number of fused-ring (bicyclic) bond motifs is 1. The molecule has 0 spiro atoms. The second-order valence-corrected chi connectivity index (χ2v) is 9.02. The van der Waals surface area contributed by atoms with E-state index in [4.69, 9.17) is 9.47 Å². The molecule has 0 fully saturated rings. The number of hydrogen-bond donors (Lipinski definition) is 0. The lowest BCUT2D eigenvalue weighted by Gasteiger charge is -2.18.